The van der Waals surface area contributed by atoms with Gasteiger partial charge in [-0.1, -0.05) is 30.3 Å². The van der Waals surface area contributed by atoms with Crippen molar-refractivity contribution < 1.29 is 18.0 Å². The smallest absolute Gasteiger partial charge is 0.355 e. The van der Waals surface area contributed by atoms with E-state index in [1.165, 1.54) is 4.90 Å². The summed E-state index contributed by atoms with van der Waals surface area (Å²) in [6, 6.07) is 9.47. The zero-order valence-electron chi connectivity index (χ0n) is 13.5. The van der Waals surface area contributed by atoms with E-state index < -0.39 is 18.1 Å². The van der Waals surface area contributed by atoms with E-state index >= 15 is 0 Å². The summed E-state index contributed by atoms with van der Waals surface area (Å²) in [6.45, 7) is 4.06. The number of amides is 1. The standard InChI is InChI=1S/C17H23F3N2O/c1-16(2,14-6-4-3-5-7-14)15(23)21-10-13-8-9-22(11-13)12-17(18,19)20/h3-7,13H,8-12H2,1-2H3,(H,21,23)/t13-/m0/s1. The lowest BCUT2D eigenvalue weighted by molar-refractivity contribution is -0.143. The van der Waals surface area contributed by atoms with Crippen LogP contribution in [0.2, 0.25) is 0 Å². The molecule has 1 atom stereocenters. The summed E-state index contributed by atoms with van der Waals surface area (Å²) in [5.41, 5.74) is 0.258. The third-order valence-corrected chi connectivity index (χ3v) is 4.39. The van der Waals surface area contributed by atoms with Crippen LogP contribution >= 0.6 is 0 Å². The molecule has 1 aliphatic rings. The van der Waals surface area contributed by atoms with Crippen molar-refractivity contribution in [3.8, 4) is 0 Å². The number of hydrogen-bond acceptors (Lipinski definition) is 2. The lowest BCUT2D eigenvalue weighted by Crippen LogP contribution is -2.42. The number of hydrogen-bond donors (Lipinski definition) is 1. The fraction of sp³-hybridized carbons (Fsp3) is 0.588. The fourth-order valence-corrected chi connectivity index (χ4v) is 2.92. The van der Waals surface area contributed by atoms with E-state index in [0.29, 0.717) is 26.1 Å². The molecular formula is C17H23F3N2O. The molecule has 3 nitrogen and oxygen atoms in total. The van der Waals surface area contributed by atoms with Gasteiger partial charge in [-0.2, -0.15) is 13.2 Å². The van der Waals surface area contributed by atoms with Crippen molar-refractivity contribution in [3.63, 3.8) is 0 Å². The van der Waals surface area contributed by atoms with Crippen molar-refractivity contribution >= 4 is 5.91 Å². The summed E-state index contributed by atoms with van der Waals surface area (Å²) in [7, 11) is 0. The van der Waals surface area contributed by atoms with Crippen molar-refractivity contribution in [1.29, 1.82) is 0 Å². The van der Waals surface area contributed by atoms with Crippen LogP contribution in [-0.2, 0) is 10.2 Å². The molecule has 0 spiro atoms. The van der Waals surface area contributed by atoms with Gasteiger partial charge in [0.25, 0.3) is 0 Å². The van der Waals surface area contributed by atoms with Gasteiger partial charge in [0.15, 0.2) is 0 Å². The molecule has 2 rings (SSSR count). The minimum Gasteiger partial charge on any atom is -0.355 e. The second-order valence-electron chi connectivity index (χ2n) is 6.71. The van der Waals surface area contributed by atoms with E-state index in [0.717, 1.165) is 5.56 Å². The zero-order valence-corrected chi connectivity index (χ0v) is 13.5. The first kappa shape index (κ1) is 17.8. The molecule has 0 bridgehead atoms. The summed E-state index contributed by atoms with van der Waals surface area (Å²) in [6.07, 6.45) is -3.48. The van der Waals surface area contributed by atoms with Gasteiger partial charge in [-0.3, -0.25) is 9.69 Å². The Morgan fingerprint density at radius 2 is 1.91 bits per heavy atom. The molecule has 1 aliphatic heterocycles. The van der Waals surface area contributed by atoms with Crippen LogP contribution in [0.4, 0.5) is 13.2 Å². The molecule has 1 saturated heterocycles. The number of carbonyl (C=O) groups excluding carboxylic acids is 1. The Hall–Kier alpha value is -1.56. The summed E-state index contributed by atoms with van der Waals surface area (Å²) < 4.78 is 37.1. The molecule has 6 heteroatoms. The Morgan fingerprint density at radius 1 is 1.26 bits per heavy atom. The van der Waals surface area contributed by atoms with E-state index in [1.54, 1.807) is 0 Å². The van der Waals surface area contributed by atoms with Crippen LogP contribution in [0.1, 0.15) is 25.8 Å². The van der Waals surface area contributed by atoms with Gasteiger partial charge in [-0.15, -0.1) is 0 Å². The molecule has 0 saturated carbocycles. The average Bonchev–Trinajstić information content (AvgIpc) is 2.91. The van der Waals surface area contributed by atoms with Gasteiger partial charge in [0, 0.05) is 13.1 Å². The van der Waals surface area contributed by atoms with E-state index in [1.807, 2.05) is 44.2 Å². The third-order valence-electron chi connectivity index (χ3n) is 4.39. The first-order chi connectivity index (χ1) is 10.7. The number of halogens is 3. The van der Waals surface area contributed by atoms with Crippen molar-refractivity contribution in [1.82, 2.24) is 10.2 Å². The predicted octanol–water partition coefficient (Wildman–Crippen LogP) is 2.96. The third kappa shape index (κ3) is 4.96. The number of nitrogens with zero attached hydrogens (tertiary/aromatic N) is 1. The maximum Gasteiger partial charge on any atom is 0.401 e. The fourth-order valence-electron chi connectivity index (χ4n) is 2.92. The van der Waals surface area contributed by atoms with Crippen molar-refractivity contribution in [2.45, 2.75) is 31.9 Å². The van der Waals surface area contributed by atoms with Crippen LogP contribution in [0, 0.1) is 5.92 Å². The Bertz CT molecular complexity index is 528. The molecule has 1 N–H and O–H groups in total. The monoisotopic (exact) mass is 328 g/mol. The van der Waals surface area contributed by atoms with E-state index in [-0.39, 0.29) is 11.8 Å². The molecule has 0 unspecified atom stereocenters. The highest BCUT2D eigenvalue weighted by Crippen LogP contribution is 2.25. The molecule has 23 heavy (non-hydrogen) atoms. The van der Waals surface area contributed by atoms with Crippen molar-refractivity contribution in [2.75, 3.05) is 26.2 Å². The number of carbonyl (C=O) groups is 1. The average molecular weight is 328 g/mol. The zero-order chi connectivity index (χ0) is 17.1. The Morgan fingerprint density at radius 3 is 2.52 bits per heavy atom. The molecule has 1 aromatic carbocycles. The molecule has 1 aromatic rings. The first-order valence-electron chi connectivity index (χ1n) is 7.81. The van der Waals surface area contributed by atoms with Gasteiger partial charge in [-0.05, 0) is 38.3 Å². The molecule has 1 amide bonds. The molecule has 1 fully saturated rings. The van der Waals surface area contributed by atoms with Crippen LogP contribution < -0.4 is 5.32 Å². The molecule has 1 heterocycles. The Labute approximate surface area is 134 Å². The number of likely N-dealkylation sites (tertiary alicyclic amines) is 1. The lowest BCUT2D eigenvalue weighted by Gasteiger charge is -2.25. The van der Waals surface area contributed by atoms with Crippen LogP contribution in [0.25, 0.3) is 0 Å². The van der Waals surface area contributed by atoms with Gasteiger partial charge < -0.3 is 5.32 Å². The van der Waals surface area contributed by atoms with Crippen LogP contribution in [0.15, 0.2) is 30.3 Å². The minimum absolute atomic E-state index is 0.0767. The van der Waals surface area contributed by atoms with Crippen LogP contribution in [0.5, 0.6) is 0 Å². The second kappa shape index (κ2) is 6.91. The highest BCUT2D eigenvalue weighted by Gasteiger charge is 2.35. The van der Waals surface area contributed by atoms with Gasteiger partial charge in [-0.25, -0.2) is 0 Å². The minimum atomic E-state index is -4.16. The van der Waals surface area contributed by atoms with E-state index in [9.17, 15) is 18.0 Å². The summed E-state index contributed by atoms with van der Waals surface area (Å²) in [4.78, 5) is 13.8. The molecule has 128 valence electrons. The molecule has 0 aromatic heterocycles. The van der Waals surface area contributed by atoms with Crippen molar-refractivity contribution in [3.05, 3.63) is 35.9 Å². The predicted molar refractivity (Wildman–Crippen MR) is 83.1 cm³/mol. The van der Waals surface area contributed by atoms with Gasteiger partial charge >= 0.3 is 6.18 Å². The number of benzene rings is 1. The van der Waals surface area contributed by atoms with Gasteiger partial charge in [0.2, 0.25) is 5.91 Å². The number of alkyl halides is 3. The van der Waals surface area contributed by atoms with Crippen LogP contribution in [0.3, 0.4) is 0 Å². The number of rotatable bonds is 5. The molecule has 0 aliphatic carbocycles. The maximum absolute atomic E-state index is 12.4. The largest absolute Gasteiger partial charge is 0.401 e. The van der Waals surface area contributed by atoms with Crippen LogP contribution in [-0.4, -0.2) is 43.2 Å². The normalized spacial score (nSPS) is 19.8. The quantitative estimate of drug-likeness (QED) is 0.901. The highest BCUT2D eigenvalue weighted by atomic mass is 19.4. The van der Waals surface area contributed by atoms with Crippen molar-refractivity contribution in [2.24, 2.45) is 5.92 Å². The maximum atomic E-state index is 12.4. The lowest BCUT2D eigenvalue weighted by atomic mass is 9.83. The Balaban J connectivity index is 1.83. The van der Waals surface area contributed by atoms with E-state index in [4.69, 9.17) is 0 Å². The topological polar surface area (TPSA) is 32.3 Å². The van der Waals surface area contributed by atoms with Gasteiger partial charge in [0.05, 0.1) is 12.0 Å². The molecule has 0 radical (unpaired) electrons. The summed E-state index contributed by atoms with van der Waals surface area (Å²) in [5, 5.41) is 2.90. The van der Waals surface area contributed by atoms with E-state index in [2.05, 4.69) is 5.32 Å². The molecular weight excluding hydrogens is 305 g/mol. The second-order valence-corrected chi connectivity index (χ2v) is 6.71. The first-order valence-corrected chi connectivity index (χ1v) is 7.81. The highest BCUT2D eigenvalue weighted by molar-refractivity contribution is 5.87. The summed E-state index contributed by atoms with van der Waals surface area (Å²) >= 11 is 0. The number of nitrogens with one attached hydrogen (secondary N) is 1. The van der Waals surface area contributed by atoms with Gasteiger partial charge in [0.1, 0.15) is 0 Å². The summed E-state index contributed by atoms with van der Waals surface area (Å²) in [5.74, 6) is -0.0224. The SMILES string of the molecule is CC(C)(C(=O)NC[C@@H]1CCN(CC(F)(F)F)C1)c1ccccc1. The Kier molecular flexibility index (Phi) is 5.34.